The first-order chi connectivity index (χ1) is 11.6. The first kappa shape index (κ1) is 15.7. The van der Waals surface area contributed by atoms with Crippen molar-refractivity contribution in [1.82, 2.24) is 0 Å². The zero-order chi connectivity index (χ0) is 16.9. The third-order valence-electron chi connectivity index (χ3n) is 3.93. The molecule has 0 aliphatic rings. The highest BCUT2D eigenvalue weighted by Gasteiger charge is 2.14. The van der Waals surface area contributed by atoms with Gasteiger partial charge in [0.2, 0.25) is 0 Å². The maximum atomic E-state index is 10.8. The van der Waals surface area contributed by atoms with E-state index in [1.165, 1.54) is 17.7 Å². The molecule has 0 radical (unpaired) electrons. The van der Waals surface area contributed by atoms with Crippen LogP contribution in [0.2, 0.25) is 0 Å². The number of hydrogen-bond donors (Lipinski definition) is 1. The number of nitro benzene ring substituents is 1. The normalized spacial score (nSPS) is 11.7. The standard InChI is InChI=1S/C20H18N2O2/c1-15-7-9-17(10-8-15)20(16-5-3-2-4-6-16)21-18-11-13-19(14-12-18)22(23)24/h2-14,20-21H,1H3. The summed E-state index contributed by atoms with van der Waals surface area (Å²) in [4.78, 5) is 10.4. The van der Waals surface area contributed by atoms with Gasteiger partial charge in [-0.3, -0.25) is 10.1 Å². The number of nitrogens with zero attached hydrogens (tertiary/aromatic N) is 1. The topological polar surface area (TPSA) is 55.2 Å². The van der Waals surface area contributed by atoms with E-state index in [9.17, 15) is 10.1 Å². The summed E-state index contributed by atoms with van der Waals surface area (Å²) < 4.78 is 0. The summed E-state index contributed by atoms with van der Waals surface area (Å²) in [6.45, 7) is 2.06. The molecule has 4 nitrogen and oxygen atoms in total. The van der Waals surface area contributed by atoms with Gasteiger partial charge in [-0.25, -0.2) is 0 Å². The molecule has 120 valence electrons. The van der Waals surface area contributed by atoms with E-state index in [1.807, 2.05) is 18.2 Å². The van der Waals surface area contributed by atoms with Gasteiger partial charge in [0, 0.05) is 17.8 Å². The van der Waals surface area contributed by atoms with Gasteiger partial charge in [0.05, 0.1) is 11.0 Å². The lowest BCUT2D eigenvalue weighted by atomic mass is 9.97. The number of non-ortho nitro benzene ring substituents is 1. The Balaban J connectivity index is 1.93. The number of rotatable bonds is 5. The molecule has 0 aliphatic heterocycles. The fraction of sp³-hybridized carbons (Fsp3) is 0.100. The van der Waals surface area contributed by atoms with Gasteiger partial charge >= 0.3 is 0 Å². The summed E-state index contributed by atoms with van der Waals surface area (Å²) >= 11 is 0. The van der Waals surface area contributed by atoms with E-state index in [0.29, 0.717) is 0 Å². The van der Waals surface area contributed by atoms with E-state index < -0.39 is 4.92 Å². The predicted octanol–water partition coefficient (Wildman–Crippen LogP) is 5.10. The van der Waals surface area contributed by atoms with E-state index in [0.717, 1.165) is 16.8 Å². The molecule has 0 aliphatic carbocycles. The fourth-order valence-electron chi connectivity index (χ4n) is 2.61. The largest absolute Gasteiger partial charge is 0.374 e. The van der Waals surface area contributed by atoms with Crippen molar-refractivity contribution in [3.05, 3.63) is 106 Å². The summed E-state index contributed by atoms with van der Waals surface area (Å²) in [5.41, 5.74) is 4.42. The third kappa shape index (κ3) is 3.60. The van der Waals surface area contributed by atoms with Crippen molar-refractivity contribution in [3.63, 3.8) is 0 Å². The van der Waals surface area contributed by atoms with Gasteiger partial charge in [0.1, 0.15) is 0 Å². The Morgan fingerprint density at radius 2 is 1.42 bits per heavy atom. The molecule has 3 rings (SSSR count). The molecule has 3 aromatic rings. The van der Waals surface area contributed by atoms with Crippen molar-refractivity contribution in [2.75, 3.05) is 5.32 Å². The van der Waals surface area contributed by atoms with E-state index in [4.69, 9.17) is 0 Å². The van der Waals surface area contributed by atoms with E-state index in [2.05, 4.69) is 48.6 Å². The fourth-order valence-corrected chi connectivity index (χ4v) is 2.61. The molecule has 0 amide bonds. The zero-order valence-corrected chi connectivity index (χ0v) is 13.3. The highest BCUT2D eigenvalue weighted by Crippen LogP contribution is 2.27. The minimum Gasteiger partial charge on any atom is -0.374 e. The zero-order valence-electron chi connectivity index (χ0n) is 13.3. The Kier molecular flexibility index (Phi) is 4.57. The van der Waals surface area contributed by atoms with E-state index >= 15 is 0 Å². The molecular weight excluding hydrogens is 300 g/mol. The van der Waals surface area contributed by atoms with Crippen LogP contribution in [-0.2, 0) is 0 Å². The van der Waals surface area contributed by atoms with Crippen molar-refractivity contribution in [2.24, 2.45) is 0 Å². The van der Waals surface area contributed by atoms with Crippen molar-refractivity contribution in [2.45, 2.75) is 13.0 Å². The van der Waals surface area contributed by atoms with Crippen LogP contribution in [0.4, 0.5) is 11.4 Å². The number of benzene rings is 3. The molecule has 1 atom stereocenters. The van der Waals surface area contributed by atoms with Crippen LogP contribution in [-0.4, -0.2) is 4.92 Å². The Hall–Kier alpha value is -3.14. The minimum absolute atomic E-state index is 0.0201. The third-order valence-corrected chi connectivity index (χ3v) is 3.93. The van der Waals surface area contributed by atoms with Gasteiger partial charge in [0.25, 0.3) is 5.69 Å². The van der Waals surface area contributed by atoms with Crippen LogP contribution in [0.25, 0.3) is 0 Å². The van der Waals surface area contributed by atoms with Crippen molar-refractivity contribution in [1.29, 1.82) is 0 Å². The molecule has 3 aromatic carbocycles. The molecule has 0 aromatic heterocycles. The van der Waals surface area contributed by atoms with Crippen LogP contribution in [0.5, 0.6) is 0 Å². The predicted molar refractivity (Wildman–Crippen MR) is 96.2 cm³/mol. The quantitative estimate of drug-likeness (QED) is 0.525. The summed E-state index contributed by atoms with van der Waals surface area (Å²) in [7, 11) is 0. The molecule has 1 unspecified atom stereocenters. The second kappa shape index (κ2) is 6.96. The van der Waals surface area contributed by atoms with Crippen LogP contribution in [0.3, 0.4) is 0 Å². The molecule has 1 N–H and O–H groups in total. The Morgan fingerprint density at radius 3 is 2.00 bits per heavy atom. The maximum Gasteiger partial charge on any atom is 0.269 e. The minimum atomic E-state index is -0.390. The number of nitro groups is 1. The number of aryl methyl sites for hydroxylation is 1. The van der Waals surface area contributed by atoms with Gasteiger partial charge in [-0.15, -0.1) is 0 Å². The lowest BCUT2D eigenvalue weighted by Crippen LogP contribution is -2.12. The van der Waals surface area contributed by atoms with Crippen LogP contribution in [0, 0.1) is 17.0 Å². The van der Waals surface area contributed by atoms with Crippen molar-refractivity contribution >= 4 is 11.4 Å². The van der Waals surface area contributed by atoms with Crippen molar-refractivity contribution < 1.29 is 4.92 Å². The lowest BCUT2D eigenvalue weighted by molar-refractivity contribution is -0.384. The number of anilines is 1. The summed E-state index contributed by atoms with van der Waals surface area (Å²) in [6.07, 6.45) is 0. The summed E-state index contributed by atoms with van der Waals surface area (Å²) in [6, 6.07) is 25.0. The van der Waals surface area contributed by atoms with E-state index in [-0.39, 0.29) is 11.7 Å². The molecule has 0 heterocycles. The Bertz CT molecular complexity index is 813. The molecule has 24 heavy (non-hydrogen) atoms. The van der Waals surface area contributed by atoms with Crippen LogP contribution in [0.15, 0.2) is 78.9 Å². The molecule has 0 fully saturated rings. The molecule has 0 saturated carbocycles. The number of hydrogen-bond acceptors (Lipinski definition) is 3. The molecular formula is C20H18N2O2. The monoisotopic (exact) mass is 318 g/mol. The average molecular weight is 318 g/mol. The van der Waals surface area contributed by atoms with Crippen LogP contribution < -0.4 is 5.32 Å². The van der Waals surface area contributed by atoms with E-state index in [1.54, 1.807) is 12.1 Å². The average Bonchev–Trinajstić information content (AvgIpc) is 2.62. The molecule has 0 saturated heterocycles. The SMILES string of the molecule is Cc1ccc(C(Nc2ccc([N+](=O)[O-])cc2)c2ccccc2)cc1. The second-order valence-corrected chi connectivity index (χ2v) is 5.70. The first-order valence-electron chi connectivity index (χ1n) is 7.76. The molecule has 4 heteroatoms. The molecule has 0 bridgehead atoms. The molecule has 0 spiro atoms. The highest BCUT2D eigenvalue weighted by atomic mass is 16.6. The Morgan fingerprint density at radius 1 is 0.833 bits per heavy atom. The van der Waals surface area contributed by atoms with Gasteiger partial charge < -0.3 is 5.32 Å². The lowest BCUT2D eigenvalue weighted by Gasteiger charge is -2.21. The Labute approximate surface area is 140 Å². The van der Waals surface area contributed by atoms with Crippen molar-refractivity contribution in [3.8, 4) is 0 Å². The van der Waals surface area contributed by atoms with Gasteiger partial charge in [-0.1, -0.05) is 60.2 Å². The maximum absolute atomic E-state index is 10.8. The summed E-state index contributed by atoms with van der Waals surface area (Å²) in [5.74, 6) is 0. The van der Waals surface area contributed by atoms with Gasteiger partial charge in [0.15, 0.2) is 0 Å². The first-order valence-corrected chi connectivity index (χ1v) is 7.76. The smallest absolute Gasteiger partial charge is 0.269 e. The van der Waals surface area contributed by atoms with Crippen LogP contribution >= 0.6 is 0 Å². The highest BCUT2D eigenvalue weighted by molar-refractivity contribution is 5.52. The second-order valence-electron chi connectivity index (χ2n) is 5.70. The van der Waals surface area contributed by atoms with Gasteiger partial charge in [-0.2, -0.15) is 0 Å². The van der Waals surface area contributed by atoms with Crippen LogP contribution in [0.1, 0.15) is 22.7 Å². The van der Waals surface area contributed by atoms with Gasteiger partial charge in [-0.05, 0) is 30.2 Å². The summed E-state index contributed by atoms with van der Waals surface area (Å²) in [5, 5.41) is 14.3. The number of nitrogens with one attached hydrogen (secondary N) is 1.